The minimum absolute atomic E-state index is 0.0308. The van der Waals surface area contributed by atoms with Crippen LogP contribution in [0.2, 0.25) is 0 Å². The number of hydrogen-bond donors (Lipinski definition) is 2. The first-order chi connectivity index (χ1) is 8.70. The van der Waals surface area contributed by atoms with Crippen molar-refractivity contribution in [2.45, 2.75) is 32.1 Å². The van der Waals surface area contributed by atoms with Crippen LogP contribution in [-0.2, 0) is 9.59 Å². The van der Waals surface area contributed by atoms with Crippen LogP contribution in [-0.4, -0.2) is 42.1 Å². The Labute approximate surface area is 107 Å². The predicted octanol–water partition coefficient (Wildman–Crippen LogP) is -0.160. The van der Waals surface area contributed by atoms with Crippen molar-refractivity contribution in [3.05, 3.63) is 0 Å². The maximum Gasteiger partial charge on any atom is 0.270 e. The summed E-state index contributed by atoms with van der Waals surface area (Å²) in [6, 6.07) is 0. The van der Waals surface area contributed by atoms with E-state index in [9.17, 15) is 9.59 Å². The van der Waals surface area contributed by atoms with E-state index >= 15 is 0 Å². The molecule has 18 heavy (non-hydrogen) atoms. The fourth-order valence-electron chi connectivity index (χ4n) is 2.53. The number of carbonyl (C=O) groups is 2. The molecule has 1 atom stereocenters. The Hall–Kier alpha value is -1.43. The first-order valence-electron chi connectivity index (χ1n) is 6.55. The maximum absolute atomic E-state index is 12.2. The molecule has 0 radical (unpaired) electrons. The Morgan fingerprint density at radius 2 is 2.33 bits per heavy atom. The second-order valence-corrected chi connectivity index (χ2v) is 4.93. The zero-order valence-corrected chi connectivity index (χ0v) is 10.5. The van der Waals surface area contributed by atoms with Crippen LogP contribution >= 0.6 is 0 Å². The van der Waals surface area contributed by atoms with Gasteiger partial charge in [-0.2, -0.15) is 5.10 Å². The van der Waals surface area contributed by atoms with Crippen LogP contribution in [0.4, 0.5) is 0 Å². The summed E-state index contributed by atoms with van der Waals surface area (Å²) in [7, 11) is 0. The summed E-state index contributed by atoms with van der Waals surface area (Å²) in [5.41, 5.74) is 8.41. The van der Waals surface area contributed by atoms with Gasteiger partial charge in [0.15, 0.2) is 0 Å². The molecule has 2 aliphatic heterocycles. The molecular formula is C12H20N4O2. The quantitative estimate of drug-likeness (QED) is 0.731. The highest BCUT2D eigenvalue weighted by molar-refractivity contribution is 6.39. The monoisotopic (exact) mass is 252 g/mol. The molecule has 0 bridgehead atoms. The number of amides is 2. The van der Waals surface area contributed by atoms with Gasteiger partial charge in [-0.3, -0.25) is 9.59 Å². The van der Waals surface area contributed by atoms with Crippen LogP contribution in [0.5, 0.6) is 0 Å². The van der Waals surface area contributed by atoms with E-state index in [0.717, 1.165) is 32.4 Å². The highest BCUT2D eigenvalue weighted by atomic mass is 16.2. The van der Waals surface area contributed by atoms with Crippen LogP contribution in [0, 0.1) is 5.92 Å². The largest absolute Gasteiger partial charge is 0.337 e. The third-order valence-electron chi connectivity index (χ3n) is 3.53. The molecule has 1 unspecified atom stereocenters. The second-order valence-electron chi connectivity index (χ2n) is 4.93. The lowest BCUT2D eigenvalue weighted by Gasteiger charge is -2.33. The highest BCUT2D eigenvalue weighted by Crippen LogP contribution is 2.19. The van der Waals surface area contributed by atoms with Crippen LogP contribution in [0.1, 0.15) is 32.1 Å². The maximum atomic E-state index is 12.2. The van der Waals surface area contributed by atoms with E-state index < -0.39 is 0 Å². The number of nitrogens with zero attached hydrogens (tertiary/aromatic N) is 2. The fraction of sp³-hybridized carbons (Fsp3) is 0.750. The Kier molecular flexibility index (Phi) is 4.30. The second kappa shape index (κ2) is 5.95. The van der Waals surface area contributed by atoms with Crippen LogP contribution < -0.4 is 11.2 Å². The van der Waals surface area contributed by atoms with Gasteiger partial charge in [-0.15, -0.1) is 0 Å². The van der Waals surface area contributed by atoms with Gasteiger partial charge in [-0.05, 0) is 31.7 Å². The molecule has 6 nitrogen and oxygen atoms in total. The normalized spacial score (nSPS) is 24.5. The topological polar surface area (TPSA) is 87.8 Å². The van der Waals surface area contributed by atoms with Crippen molar-refractivity contribution >= 4 is 17.5 Å². The van der Waals surface area contributed by atoms with Gasteiger partial charge >= 0.3 is 0 Å². The molecule has 0 saturated carbocycles. The molecule has 0 aromatic heterocycles. The molecule has 100 valence electrons. The van der Waals surface area contributed by atoms with Gasteiger partial charge < -0.3 is 10.6 Å². The number of likely N-dealkylation sites (tertiary alicyclic amines) is 1. The lowest BCUT2D eigenvalue weighted by atomic mass is 9.94. The lowest BCUT2D eigenvalue weighted by Crippen LogP contribution is -2.45. The summed E-state index contributed by atoms with van der Waals surface area (Å²) in [5.74, 6) is 0.356. The summed E-state index contributed by atoms with van der Waals surface area (Å²) >= 11 is 0. The number of piperidine rings is 1. The first kappa shape index (κ1) is 13.0. The first-order valence-corrected chi connectivity index (χ1v) is 6.55. The minimum Gasteiger partial charge on any atom is -0.337 e. The van der Waals surface area contributed by atoms with E-state index in [4.69, 9.17) is 5.73 Å². The number of carbonyl (C=O) groups excluding carboxylic acids is 2. The van der Waals surface area contributed by atoms with E-state index in [1.165, 1.54) is 0 Å². The third kappa shape index (κ3) is 3.07. The van der Waals surface area contributed by atoms with Gasteiger partial charge in [-0.25, -0.2) is 5.43 Å². The van der Waals surface area contributed by atoms with Crippen LogP contribution in [0.25, 0.3) is 0 Å². The van der Waals surface area contributed by atoms with E-state index in [2.05, 4.69) is 10.5 Å². The molecule has 1 saturated heterocycles. The number of hydrogen-bond acceptors (Lipinski definition) is 4. The summed E-state index contributed by atoms with van der Waals surface area (Å²) in [5, 5.41) is 3.86. The summed E-state index contributed by atoms with van der Waals surface area (Å²) in [6.07, 6.45) is 3.93. The summed E-state index contributed by atoms with van der Waals surface area (Å²) < 4.78 is 0. The van der Waals surface area contributed by atoms with Crippen molar-refractivity contribution < 1.29 is 9.59 Å². The molecule has 6 heteroatoms. The summed E-state index contributed by atoms with van der Waals surface area (Å²) in [6.45, 7) is 2.22. The Bertz CT molecular complexity index is 365. The van der Waals surface area contributed by atoms with Crippen molar-refractivity contribution in [2.24, 2.45) is 16.8 Å². The average Bonchev–Trinajstić information content (AvgIpc) is 2.39. The fourth-order valence-corrected chi connectivity index (χ4v) is 2.53. The zero-order chi connectivity index (χ0) is 13.0. The van der Waals surface area contributed by atoms with Crippen molar-refractivity contribution in [3.8, 4) is 0 Å². The molecule has 1 fully saturated rings. The zero-order valence-electron chi connectivity index (χ0n) is 10.5. The molecular weight excluding hydrogens is 232 g/mol. The molecule has 2 aliphatic rings. The molecule has 2 heterocycles. The molecule has 0 aromatic carbocycles. The molecule has 0 aromatic rings. The van der Waals surface area contributed by atoms with Gasteiger partial charge in [0, 0.05) is 25.9 Å². The van der Waals surface area contributed by atoms with Crippen molar-refractivity contribution in [2.75, 3.05) is 19.6 Å². The number of nitrogens with two attached hydrogens (primary N) is 1. The third-order valence-corrected chi connectivity index (χ3v) is 3.53. The van der Waals surface area contributed by atoms with Gasteiger partial charge in [0.25, 0.3) is 5.91 Å². The molecule has 3 N–H and O–H groups in total. The SMILES string of the molecule is NCCC1CCCN(C(=O)C2=NNC(=O)CC2)C1. The van der Waals surface area contributed by atoms with E-state index in [1.54, 1.807) is 0 Å². The Balaban J connectivity index is 1.94. The average molecular weight is 252 g/mol. The standard InChI is InChI=1S/C12H20N4O2/c13-6-5-9-2-1-7-16(8-9)12(18)10-3-4-11(17)15-14-10/h9H,1-8,13H2,(H,15,17). The van der Waals surface area contributed by atoms with Crippen LogP contribution in [0.15, 0.2) is 5.10 Å². The van der Waals surface area contributed by atoms with Crippen molar-refractivity contribution in [3.63, 3.8) is 0 Å². The number of hydrazone groups is 1. The van der Waals surface area contributed by atoms with Gasteiger partial charge in [0.05, 0.1) is 0 Å². The van der Waals surface area contributed by atoms with Crippen molar-refractivity contribution in [1.29, 1.82) is 0 Å². The Morgan fingerprint density at radius 1 is 1.50 bits per heavy atom. The number of nitrogens with one attached hydrogen (secondary N) is 1. The van der Waals surface area contributed by atoms with Crippen LogP contribution in [0.3, 0.4) is 0 Å². The summed E-state index contributed by atoms with van der Waals surface area (Å²) in [4.78, 5) is 25.1. The van der Waals surface area contributed by atoms with Crippen molar-refractivity contribution in [1.82, 2.24) is 10.3 Å². The van der Waals surface area contributed by atoms with Gasteiger partial charge in [0.1, 0.15) is 5.71 Å². The highest BCUT2D eigenvalue weighted by Gasteiger charge is 2.27. The molecule has 2 rings (SSSR count). The van der Waals surface area contributed by atoms with Gasteiger partial charge in [0.2, 0.25) is 5.91 Å². The smallest absolute Gasteiger partial charge is 0.270 e. The van der Waals surface area contributed by atoms with Gasteiger partial charge in [-0.1, -0.05) is 0 Å². The lowest BCUT2D eigenvalue weighted by molar-refractivity contribution is -0.126. The molecule has 2 amide bonds. The molecule has 0 aliphatic carbocycles. The van der Waals surface area contributed by atoms with E-state index in [-0.39, 0.29) is 11.8 Å². The minimum atomic E-state index is -0.119. The van der Waals surface area contributed by atoms with E-state index in [0.29, 0.717) is 31.0 Å². The molecule has 0 spiro atoms. The predicted molar refractivity (Wildman–Crippen MR) is 67.8 cm³/mol. The Morgan fingerprint density at radius 3 is 3.00 bits per heavy atom. The van der Waals surface area contributed by atoms with E-state index in [1.807, 2.05) is 4.90 Å². The number of rotatable bonds is 3.